The van der Waals surface area contributed by atoms with Crippen molar-refractivity contribution in [1.29, 1.82) is 0 Å². The monoisotopic (exact) mass is 205 g/mol. The Kier molecular flexibility index (Phi) is 2.43. The van der Waals surface area contributed by atoms with Gasteiger partial charge in [0.2, 0.25) is 0 Å². The largest absolute Gasteiger partial charge is 0.519 e. The van der Waals surface area contributed by atoms with E-state index in [1.54, 1.807) is 6.92 Å². The highest BCUT2D eigenvalue weighted by atomic mass is 16.6. The Balaban J connectivity index is 2.45. The van der Waals surface area contributed by atoms with Gasteiger partial charge < -0.3 is 14.6 Å². The molecule has 4 heteroatoms. The van der Waals surface area contributed by atoms with Crippen molar-refractivity contribution < 1.29 is 8.83 Å². The maximum absolute atomic E-state index is 10.9. The van der Waals surface area contributed by atoms with Crippen LogP contribution in [0.25, 0.3) is 11.3 Å². The zero-order valence-electron chi connectivity index (χ0n) is 8.32. The highest BCUT2D eigenvalue weighted by Crippen LogP contribution is 2.22. The van der Waals surface area contributed by atoms with Crippen LogP contribution in [-0.2, 0) is 6.54 Å². The van der Waals surface area contributed by atoms with E-state index in [1.807, 2.05) is 24.3 Å². The molecule has 1 heterocycles. The molecule has 0 aliphatic rings. The van der Waals surface area contributed by atoms with Crippen LogP contribution in [0, 0.1) is 6.92 Å². The maximum Gasteiger partial charge on any atom is 0.519 e. The van der Waals surface area contributed by atoms with Crippen molar-refractivity contribution in [2.75, 3.05) is 0 Å². The summed E-state index contributed by atoms with van der Waals surface area (Å²) in [6.07, 6.45) is 0. The molecule has 2 aromatic rings. The van der Waals surface area contributed by atoms with Crippen LogP contribution in [0.5, 0.6) is 0 Å². The van der Waals surface area contributed by atoms with Gasteiger partial charge in [0.15, 0.2) is 11.5 Å². The lowest BCUT2D eigenvalue weighted by atomic mass is 10.1. The predicted octanol–water partition coefficient (Wildman–Crippen LogP) is 1.67. The fourth-order valence-electron chi connectivity index (χ4n) is 1.40. The molecule has 1 aromatic carbocycles. The third kappa shape index (κ3) is 1.85. The summed E-state index contributed by atoms with van der Waals surface area (Å²) in [5.41, 5.74) is 7.33. The first-order chi connectivity index (χ1) is 7.20. The van der Waals surface area contributed by atoms with Crippen molar-refractivity contribution in [3.63, 3.8) is 0 Å². The first-order valence-electron chi connectivity index (χ1n) is 4.60. The summed E-state index contributed by atoms with van der Waals surface area (Å²) in [5.74, 6) is 0.287. The molecule has 0 unspecified atom stereocenters. The molecule has 78 valence electrons. The lowest BCUT2D eigenvalue weighted by molar-refractivity contribution is 0.381. The number of benzene rings is 1. The van der Waals surface area contributed by atoms with Gasteiger partial charge in [-0.1, -0.05) is 24.3 Å². The van der Waals surface area contributed by atoms with E-state index in [1.165, 1.54) is 0 Å². The van der Waals surface area contributed by atoms with Crippen LogP contribution >= 0.6 is 0 Å². The van der Waals surface area contributed by atoms with Crippen LogP contribution in [0.2, 0.25) is 0 Å². The molecule has 0 aliphatic carbocycles. The summed E-state index contributed by atoms with van der Waals surface area (Å²) >= 11 is 0. The third-order valence-corrected chi connectivity index (χ3v) is 2.19. The molecule has 2 N–H and O–H groups in total. The smallest absolute Gasteiger partial charge is 0.396 e. The van der Waals surface area contributed by atoms with Crippen molar-refractivity contribution in [3.8, 4) is 11.3 Å². The first kappa shape index (κ1) is 9.73. The number of hydrogen-bond acceptors (Lipinski definition) is 4. The average Bonchev–Trinajstić information content (AvgIpc) is 2.58. The van der Waals surface area contributed by atoms with Gasteiger partial charge in [0.05, 0.1) is 0 Å². The summed E-state index contributed by atoms with van der Waals surface area (Å²) in [7, 11) is 0. The van der Waals surface area contributed by atoms with Crippen LogP contribution in [0.1, 0.15) is 11.3 Å². The molecule has 0 saturated carbocycles. The number of aryl methyl sites for hydroxylation is 1. The van der Waals surface area contributed by atoms with E-state index >= 15 is 0 Å². The topological polar surface area (TPSA) is 69.4 Å². The van der Waals surface area contributed by atoms with Gasteiger partial charge in [0, 0.05) is 12.1 Å². The Morgan fingerprint density at radius 3 is 2.33 bits per heavy atom. The number of rotatable bonds is 2. The fraction of sp³-hybridized carbons (Fsp3) is 0.182. The second-order valence-corrected chi connectivity index (χ2v) is 3.24. The lowest BCUT2D eigenvalue weighted by Gasteiger charge is -1.98. The fourth-order valence-corrected chi connectivity index (χ4v) is 1.40. The molecule has 0 bridgehead atoms. The molecule has 0 radical (unpaired) electrons. The lowest BCUT2D eigenvalue weighted by Crippen LogP contribution is -1.95. The average molecular weight is 205 g/mol. The van der Waals surface area contributed by atoms with Gasteiger partial charge in [-0.15, -0.1) is 0 Å². The highest BCUT2D eigenvalue weighted by Gasteiger charge is 2.10. The van der Waals surface area contributed by atoms with Crippen LogP contribution in [0.3, 0.4) is 0 Å². The van der Waals surface area contributed by atoms with Crippen molar-refractivity contribution in [3.05, 3.63) is 46.2 Å². The van der Waals surface area contributed by atoms with Crippen LogP contribution in [0.4, 0.5) is 0 Å². The molecule has 2 rings (SSSR count). The van der Waals surface area contributed by atoms with Crippen LogP contribution in [0.15, 0.2) is 37.9 Å². The molecule has 0 saturated heterocycles. The minimum atomic E-state index is -0.676. The standard InChI is InChI=1S/C11H11NO3/c1-7-10(15-11(13)14-7)9-4-2-8(6-12)3-5-9/h2-5H,6,12H2,1H3. The van der Waals surface area contributed by atoms with Crippen LogP contribution < -0.4 is 11.6 Å². The van der Waals surface area contributed by atoms with Crippen molar-refractivity contribution in [2.24, 2.45) is 5.73 Å². The zero-order chi connectivity index (χ0) is 10.8. The van der Waals surface area contributed by atoms with Gasteiger partial charge >= 0.3 is 5.82 Å². The molecule has 1 aromatic heterocycles. The molecule has 0 fully saturated rings. The van der Waals surface area contributed by atoms with Gasteiger partial charge in [0.1, 0.15) is 0 Å². The van der Waals surface area contributed by atoms with E-state index in [2.05, 4.69) is 0 Å². The van der Waals surface area contributed by atoms with Crippen molar-refractivity contribution >= 4 is 0 Å². The van der Waals surface area contributed by atoms with Gasteiger partial charge in [0.25, 0.3) is 0 Å². The SMILES string of the molecule is Cc1oc(=O)oc1-c1ccc(CN)cc1. The minimum absolute atomic E-state index is 0.476. The molecule has 0 amide bonds. The summed E-state index contributed by atoms with van der Waals surface area (Å²) in [5, 5.41) is 0. The normalized spacial score (nSPS) is 10.5. The van der Waals surface area contributed by atoms with Gasteiger partial charge in [-0.25, -0.2) is 4.79 Å². The molecule has 0 atom stereocenters. The molecule has 0 aliphatic heterocycles. The van der Waals surface area contributed by atoms with Gasteiger partial charge in [-0.05, 0) is 12.5 Å². The molecule has 15 heavy (non-hydrogen) atoms. The Hall–Kier alpha value is -1.81. The second kappa shape index (κ2) is 3.74. The van der Waals surface area contributed by atoms with Gasteiger partial charge in [-0.3, -0.25) is 0 Å². The predicted molar refractivity (Wildman–Crippen MR) is 55.3 cm³/mol. The first-order valence-corrected chi connectivity index (χ1v) is 4.60. The van der Waals surface area contributed by atoms with Crippen LogP contribution in [-0.4, -0.2) is 0 Å². The van der Waals surface area contributed by atoms with E-state index < -0.39 is 5.82 Å². The Bertz CT molecular complexity index is 507. The Morgan fingerprint density at radius 1 is 1.20 bits per heavy atom. The van der Waals surface area contributed by atoms with E-state index in [-0.39, 0.29) is 0 Å². The summed E-state index contributed by atoms with van der Waals surface area (Å²) < 4.78 is 9.70. The summed E-state index contributed by atoms with van der Waals surface area (Å²) in [4.78, 5) is 10.9. The quantitative estimate of drug-likeness (QED) is 0.809. The van der Waals surface area contributed by atoms with E-state index in [4.69, 9.17) is 14.6 Å². The zero-order valence-corrected chi connectivity index (χ0v) is 8.32. The molecule has 0 spiro atoms. The molecule has 4 nitrogen and oxygen atoms in total. The van der Waals surface area contributed by atoms with E-state index in [0.717, 1.165) is 11.1 Å². The van der Waals surface area contributed by atoms with Crippen molar-refractivity contribution in [1.82, 2.24) is 0 Å². The summed E-state index contributed by atoms with van der Waals surface area (Å²) in [6, 6.07) is 7.48. The molecular formula is C11H11NO3. The van der Waals surface area contributed by atoms with E-state index in [9.17, 15) is 4.79 Å². The number of hydrogen-bond donors (Lipinski definition) is 1. The summed E-state index contributed by atoms with van der Waals surface area (Å²) in [6.45, 7) is 2.19. The van der Waals surface area contributed by atoms with Crippen molar-refractivity contribution in [2.45, 2.75) is 13.5 Å². The maximum atomic E-state index is 10.9. The van der Waals surface area contributed by atoms with E-state index in [0.29, 0.717) is 18.1 Å². The highest BCUT2D eigenvalue weighted by molar-refractivity contribution is 5.58. The number of nitrogens with two attached hydrogens (primary N) is 1. The Labute approximate surface area is 86.3 Å². The minimum Gasteiger partial charge on any atom is -0.396 e. The second-order valence-electron chi connectivity index (χ2n) is 3.24. The Morgan fingerprint density at radius 2 is 1.87 bits per heavy atom. The molecular weight excluding hydrogens is 194 g/mol. The third-order valence-electron chi connectivity index (χ3n) is 2.19. The van der Waals surface area contributed by atoms with Gasteiger partial charge in [-0.2, -0.15) is 0 Å².